The Bertz CT molecular complexity index is 868. The van der Waals surface area contributed by atoms with Crippen LogP contribution in [0.2, 0.25) is 0 Å². The molecule has 11 heteroatoms. The molecular weight excluding hydrogens is 357 g/mol. The molecule has 0 atom stereocenters. The highest BCUT2D eigenvalue weighted by atomic mass is 19.4. The van der Waals surface area contributed by atoms with Crippen LogP contribution in [0.25, 0.3) is 0 Å². The normalized spacial score (nSPS) is 11.5. The first-order chi connectivity index (χ1) is 12.2. The summed E-state index contributed by atoms with van der Waals surface area (Å²) in [7, 11) is 0. The lowest BCUT2D eigenvalue weighted by atomic mass is 10.1. The molecule has 0 spiro atoms. The fourth-order valence-electron chi connectivity index (χ4n) is 2.02. The molecule has 0 fully saturated rings. The van der Waals surface area contributed by atoms with Gasteiger partial charge in [0.1, 0.15) is 5.69 Å². The van der Waals surface area contributed by atoms with Crippen molar-refractivity contribution in [2.75, 3.05) is 5.43 Å². The first kappa shape index (κ1) is 18.8. The van der Waals surface area contributed by atoms with Gasteiger partial charge >= 0.3 is 11.9 Å². The van der Waals surface area contributed by atoms with Crippen LogP contribution in [-0.2, 0) is 12.6 Å². The van der Waals surface area contributed by atoms with E-state index < -0.39 is 33.0 Å². The third-order valence-corrected chi connectivity index (χ3v) is 3.25. The van der Waals surface area contributed by atoms with Crippen LogP contribution < -0.4 is 5.43 Å². The summed E-state index contributed by atoms with van der Waals surface area (Å²) in [5.41, 5.74) is 0.843. The average Bonchev–Trinajstić information content (AvgIpc) is 2.58. The van der Waals surface area contributed by atoms with Gasteiger partial charge < -0.3 is 0 Å². The molecule has 0 aliphatic carbocycles. The zero-order valence-electron chi connectivity index (χ0n) is 12.9. The molecule has 0 aliphatic heterocycles. The summed E-state index contributed by atoms with van der Waals surface area (Å²) in [5, 5.41) is 25.3. The predicted molar refractivity (Wildman–Crippen MR) is 87.0 cm³/mol. The molecule has 0 aromatic heterocycles. The van der Waals surface area contributed by atoms with Gasteiger partial charge in [-0.3, -0.25) is 25.7 Å². The Morgan fingerprint density at radius 1 is 1.08 bits per heavy atom. The van der Waals surface area contributed by atoms with E-state index in [0.29, 0.717) is 5.56 Å². The lowest BCUT2D eigenvalue weighted by Crippen LogP contribution is -2.05. The number of nitrogens with one attached hydrogen (secondary N) is 1. The SMILES string of the molecule is O=[N+]([O-])c1ccc(N/N=C/Cc2cccc(C(F)(F)F)c2)c([N+](=O)[O-])c1. The van der Waals surface area contributed by atoms with Crippen molar-refractivity contribution in [3.05, 3.63) is 73.8 Å². The van der Waals surface area contributed by atoms with Gasteiger partial charge in [-0.15, -0.1) is 0 Å². The Morgan fingerprint density at radius 2 is 1.81 bits per heavy atom. The fraction of sp³-hybridized carbons (Fsp3) is 0.133. The Hall–Kier alpha value is -3.50. The maximum atomic E-state index is 12.6. The summed E-state index contributed by atoms with van der Waals surface area (Å²) in [6.07, 6.45) is -3.16. The average molecular weight is 368 g/mol. The summed E-state index contributed by atoms with van der Waals surface area (Å²) < 4.78 is 37.9. The zero-order valence-corrected chi connectivity index (χ0v) is 12.9. The fourth-order valence-corrected chi connectivity index (χ4v) is 2.02. The summed E-state index contributed by atoms with van der Waals surface area (Å²) in [6.45, 7) is 0. The van der Waals surface area contributed by atoms with Crippen molar-refractivity contribution in [2.24, 2.45) is 5.10 Å². The monoisotopic (exact) mass is 368 g/mol. The van der Waals surface area contributed by atoms with E-state index >= 15 is 0 Å². The summed E-state index contributed by atoms with van der Waals surface area (Å²) in [6, 6.07) is 7.63. The number of nitro benzene ring substituents is 2. The highest BCUT2D eigenvalue weighted by Crippen LogP contribution is 2.30. The van der Waals surface area contributed by atoms with E-state index in [0.717, 1.165) is 30.3 Å². The number of halogens is 3. The predicted octanol–water partition coefficient (Wildman–Crippen LogP) is 4.16. The van der Waals surface area contributed by atoms with Crippen molar-refractivity contribution in [3.63, 3.8) is 0 Å². The van der Waals surface area contributed by atoms with Crippen LogP contribution in [0.15, 0.2) is 47.6 Å². The Kier molecular flexibility index (Phi) is 5.50. The number of nitrogens with zero attached hydrogens (tertiary/aromatic N) is 3. The first-order valence-electron chi connectivity index (χ1n) is 7.05. The molecule has 8 nitrogen and oxygen atoms in total. The lowest BCUT2D eigenvalue weighted by molar-refractivity contribution is -0.393. The molecular formula is C15H11F3N4O4. The molecule has 0 radical (unpaired) electrons. The van der Waals surface area contributed by atoms with Crippen LogP contribution in [0.4, 0.5) is 30.2 Å². The van der Waals surface area contributed by atoms with Crippen LogP contribution in [0.3, 0.4) is 0 Å². The largest absolute Gasteiger partial charge is 0.416 e. The molecule has 0 saturated carbocycles. The molecule has 0 saturated heterocycles. The molecule has 0 amide bonds. The third-order valence-electron chi connectivity index (χ3n) is 3.25. The van der Waals surface area contributed by atoms with E-state index in [4.69, 9.17) is 0 Å². The smallest absolute Gasteiger partial charge is 0.272 e. The van der Waals surface area contributed by atoms with Gasteiger partial charge in [-0.05, 0) is 17.7 Å². The molecule has 0 unspecified atom stereocenters. The number of hydrogen-bond acceptors (Lipinski definition) is 6. The van der Waals surface area contributed by atoms with Crippen LogP contribution in [0, 0.1) is 20.2 Å². The van der Waals surface area contributed by atoms with E-state index in [1.807, 2.05) is 0 Å². The van der Waals surface area contributed by atoms with Crippen LogP contribution in [0.5, 0.6) is 0 Å². The molecule has 136 valence electrons. The van der Waals surface area contributed by atoms with Crippen LogP contribution >= 0.6 is 0 Å². The number of nitro groups is 2. The molecule has 0 bridgehead atoms. The maximum Gasteiger partial charge on any atom is 0.416 e. The standard InChI is InChI=1S/C15H11F3N4O4/c16-15(17,18)11-3-1-2-10(8-11)6-7-19-20-13-5-4-12(21(23)24)9-14(13)22(25)26/h1-5,7-9,20H,6H2/b19-7+. The highest BCUT2D eigenvalue weighted by molar-refractivity contribution is 5.68. The minimum atomic E-state index is -4.45. The van der Waals surface area contributed by atoms with Gasteiger partial charge in [-0.1, -0.05) is 18.2 Å². The number of alkyl halides is 3. The zero-order chi connectivity index (χ0) is 19.3. The maximum absolute atomic E-state index is 12.6. The Balaban J connectivity index is 2.09. The molecule has 1 N–H and O–H groups in total. The Labute approximate surface area is 144 Å². The molecule has 2 rings (SSSR count). The Morgan fingerprint density at radius 3 is 2.42 bits per heavy atom. The number of non-ortho nitro benzene ring substituents is 1. The number of hydrazone groups is 1. The topological polar surface area (TPSA) is 111 Å². The van der Waals surface area contributed by atoms with Crippen molar-refractivity contribution in [3.8, 4) is 0 Å². The minimum Gasteiger partial charge on any atom is -0.272 e. The van der Waals surface area contributed by atoms with Gasteiger partial charge in [-0.25, -0.2) is 0 Å². The number of anilines is 1. The summed E-state index contributed by atoms with van der Waals surface area (Å²) in [4.78, 5) is 20.0. The highest BCUT2D eigenvalue weighted by Gasteiger charge is 2.30. The molecule has 26 heavy (non-hydrogen) atoms. The second-order valence-electron chi connectivity index (χ2n) is 5.04. The van der Waals surface area contributed by atoms with E-state index in [9.17, 15) is 33.4 Å². The van der Waals surface area contributed by atoms with E-state index in [-0.39, 0.29) is 12.1 Å². The number of rotatable bonds is 6. The second kappa shape index (κ2) is 7.59. The molecule has 0 aliphatic rings. The molecule has 2 aromatic rings. The quantitative estimate of drug-likeness (QED) is 0.467. The van der Waals surface area contributed by atoms with Crippen molar-refractivity contribution in [2.45, 2.75) is 12.6 Å². The lowest BCUT2D eigenvalue weighted by Gasteiger charge is -2.07. The molecule has 0 heterocycles. The van der Waals surface area contributed by atoms with Crippen molar-refractivity contribution in [1.29, 1.82) is 0 Å². The summed E-state index contributed by atoms with van der Waals surface area (Å²) >= 11 is 0. The first-order valence-corrected chi connectivity index (χ1v) is 7.05. The van der Waals surface area contributed by atoms with Gasteiger partial charge in [0.15, 0.2) is 0 Å². The summed E-state index contributed by atoms with van der Waals surface area (Å²) in [5.74, 6) is 0. The molecule has 2 aromatic carbocycles. The van der Waals surface area contributed by atoms with E-state index in [2.05, 4.69) is 10.5 Å². The van der Waals surface area contributed by atoms with E-state index in [1.165, 1.54) is 18.3 Å². The van der Waals surface area contributed by atoms with Gasteiger partial charge in [-0.2, -0.15) is 18.3 Å². The second-order valence-corrected chi connectivity index (χ2v) is 5.04. The number of benzene rings is 2. The number of hydrogen-bond donors (Lipinski definition) is 1. The van der Waals surface area contributed by atoms with Gasteiger partial charge in [0.25, 0.3) is 5.69 Å². The van der Waals surface area contributed by atoms with E-state index in [1.54, 1.807) is 0 Å². The van der Waals surface area contributed by atoms with Crippen LogP contribution in [-0.4, -0.2) is 16.1 Å². The van der Waals surface area contributed by atoms with Crippen molar-refractivity contribution in [1.82, 2.24) is 0 Å². The van der Waals surface area contributed by atoms with Crippen molar-refractivity contribution >= 4 is 23.3 Å². The third kappa shape index (κ3) is 4.75. The minimum absolute atomic E-state index is 0.0533. The van der Waals surface area contributed by atoms with Crippen LogP contribution in [0.1, 0.15) is 11.1 Å². The van der Waals surface area contributed by atoms with Gasteiger partial charge in [0, 0.05) is 18.7 Å². The van der Waals surface area contributed by atoms with Gasteiger partial charge in [0.05, 0.1) is 21.5 Å². The van der Waals surface area contributed by atoms with Gasteiger partial charge in [0.2, 0.25) is 0 Å². The van der Waals surface area contributed by atoms with Crippen molar-refractivity contribution < 1.29 is 23.0 Å².